The van der Waals surface area contributed by atoms with E-state index in [1.165, 1.54) is 6.42 Å². The molecule has 0 heterocycles. The summed E-state index contributed by atoms with van der Waals surface area (Å²) in [6.07, 6.45) is 10.5. The molecule has 0 aliphatic heterocycles. The summed E-state index contributed by atoms with van der Waals surface area (Å²) in [7, 11) is -10.7. The Kier molecular flexibility index (Phi) is 27.3. The van der Waals surface area contributed by atoms with Crippen molar-refractivity contribution < 1.29 is 76.9 Å². The summed E-state index contributed by atoms with van der Waals surface area (Å²) in [5.41, 5.74) is 0. The van der Waals surface area contributed by atoms with E-state index in [0.29, 0.717) is 0 Å². The first-order chi connectivity index (χ1) is 10.4. The van der Waals surface area contributed by atoms with Crippen LogP contribution in [0.3, 0.4) is 0 Å². The number of halogens is 4. The summed E-state index contributed by atoms with van der Waals surface area (Å²) in [4.78, 5) is 0. The maximum Gasteiger partial charge on any atom is 0.674 e. The Bertz CT molecular complexity index is 253. The fourth-order valence-electron chi connectivity index (χ4n) is 1.33. The molecule has 0 aromatic carbocycles. The number of hydrogen-bond acceptors (Lipinski definition) is 8. The normalized spacial score (nSPS) is 17.2. The van der Waals surface area contributed by atoms with Crippen molar-refractivity contribution in [3.63, 3.8) is 0 Å². The summed E-state index contributed by atoms with van der Waals surface area (Å²) in [5, 5.41) is 55.6. The van der Waals surface area contributed by atoms with Gasteiger partial charge in [-0.25, -0.2) is 0 Å². The van der Waals surface area contributed by atoms with Gasteiger partial charge in [-0.05, 0) is 18.3 Å². The van der Waals surface area contributed by atoms with E-state index in [9.17, 15) is 17.3 Å². The van der Waals surface area contributed by atoms with Gasteiger partial charge in [0.15, 0.2) is 0 Å². The van der Waals surface area contributed by atoms with Gasteiger partial charge in [-0.2, -0.15) is 0 Å². The van der Waals surface area contributed by atoms with E-state index in [0.717, 1.165) is 11.8 Å². The van der Waals surface area contributed by atoms with Crippen LogP contribution in [0.1, 0.15) is 6.42 Å². The van der Waals surface area contributed by atoms with Gasteiger partial charge >= 0.3 is 29.6 Å². The van der Waals surface area contributed by atoms with Crippen molar-refractivity contribution in [2.24, 2.45) is 11.8 Å². The molecule has 0 fully saturated rings. The van der Waals surface area contributed by atoms with Crippen LogP contribution in [0.5, 0.6) is 0 Å². The molecule has 0 unspecified atom stereocenters. The third-order valence-electron chi connectivity index (χ3n) is 1.76. The van der Waals surface area contributed by atoms with Gasteiger partial charge in [0.25, 0.3) is 0 Å². The second-order valence-corrected chi connectivity index (χ2v) is 3.58. The zero-order chi connectivity index (χ0) is 19.0. The van der Waals surface area contributed by atoms with Gasteiger partial charge in [0.1, 0.15) is 0 Å². The standard InChI is InChI=1S/C7H8.4BFH2O2.Rh/c1-2-7-4-3-6(1)5-7;4*2-1(3)4;/h1-4,6-7H,5H2;4*3-4H;. The van der Waals surface area contributed by atoms with E-state index < -0.39 is 29.6 Å². The minimum Gasteiger partial charge on any atom is -0.398 e. The van der Waals surface area contributed by atoms with Crippen LogP contribution < -0.4 is 0 Å². The molecular formula is C7H16B4F4O8Rh. The fourth-order valence-corrected chi connectivity index (χ4v) is 1.33. The minimum atomic E-state index is -2.67. The smallest absolute Gasteiger partial charge is 0.398 e. The Balaban J connectivity index is -0.000000107. The summed E-state index contributed by atoms with van der Waals surface area (Å²) >= 11 is 0. The Hall–Kier alpha value is -0.237. The molecule has 0 atom stereocenters. The van der Waals surface area contributed by atoms with Gasteiger partial charge in [-0.1, -0.05) is 24.3 Å². The zero-order valence-electron chi connectivity index (χ0n) is 11.9. The predicted molar refractivity (Wildman–Crippen MR) is 75.1 cm³/mol. The first kappa shape index (κ1) is 31.5. The topological polar surface area (TPSA) is 162 Å². The average molecular weight is 450 g/mol. The molecule has 2 aliphatic rings. The second kappa shape index (κ2) is 20.8. The molecule has 0 aromatic heterocycles. The van der Waals surface area contributed by atoms with Gasteiger partial charge in [-0.15, -0.1) is 0 Å². The van der Waals surface area contributed by atoms with Crippen LogP contribution in [0.25, 0.3) is 0 Å². The van der Waals surface area contributed by atoms with Crippen LogP contribution in [0, 0.1) is 11.8 Å². The molecule has 8 N–H and O–H groups in total. The molecule has 17 heteroatoms. The number of fused-ring (bicyclic) bond motifs is 2. The maximum absolute atomic E-state index is 10.1. The average Bonchev–Trinajstić information content (AvgIpc) is 2.88. The van der Waals surface area contributed by atoms with Crippen LogP contribution in [0.4, 0.5) is 17.3 Å². The predicted octanol–water partition coefficient (Wildman–Crippen LogP) is -2.55. The van der Waals surface area contributed by atoms with Crippen molar-refractivity contribution in [2.45, 2.75) is 6.42 Å². The van der Waals surface area contributed by atoms with E-state index in [-0.39, 0.29) is 19.5 Å². The Morgan fingerprint density at radius 3 is 0.708 bits per heavy atom. The van der Waals surface area contributed by atoms with Gasteiger partial charge in [0.2, 0.25) is 0 Å². The quantitative estimate of drug-likeness (QED) is 0.114. The van der Waals surface area contributed by atoms with E-state index >= 15 is 0 Å². The maximum atomic E-state index is 10.1. The molecule has 8 nitrogen and oxygen atoms in total. The summed E-state index contributed by atoms with van der Waals surface area (Å²) in [6.45, 7) is 0. The summed E-state index contributed by atoms with van der Waals surface area (Å²) in [6, 6.07) is 0. The third kappa shape index (κ3) is 49.5. The molecule has 2 aliphatic carbocycles. The molecule has 0 saturated heterocycles. The van der Waals surface area contributed by atoms with Gasteiger partial charge in [0.05, 0.1) is 0 Å². The summed E-state index contributed by atoms with van der Waals surface area (Å²) in [5.74, 6) is 1.62. The van der Waals surface area contributed by atoms with Crippen LogP contribution in [-0.4, -0.2) is 69.8 Å². The molecule has 1 radical (unpaired) electrons. The van der Waals surface area contributed by atoms with Gasteiger partial charge < -0.3 is 40.2 Å². The molecule has 2 rings (SSSR count). The van der Waals surface area contributed by atoms with Crippen molar-refractivity contribution in [3.05, 3.63) is 24.3 Å². The second-order valence-electron chi connectivity index (χ2n) is 3.58. The first-order valence-electron chi connectivity index (χ1n) is 5.75. The first-order valence-corrected chi connectivity index (χ1v) is 5.75. The van der Waals surface area contributed by atoms with Crippen LogP contribution in [0.15, 0.2) is 24.3 Å². The third-order valence-corrected chi connectivity index (χ3v) is 1.76. The van der Waals surface area contributed by atoms with Gasteiger partial charge in [-0.3, -0.25) is 17.3 Å². The largest absolute Gasteiger partial charge is 0.674 e. The fraction of sp³-hybridized carbons (Fsp3) is 0.429. The van der Waals surface area contributed by atoms with Gasteiger partial charge in [0, 0.05) is 19.5 Å². The Morgan fingerprint density at radius 1 is 0.542 bits per heavy atom. The minimum absolute atomic E-state index is 0. The van der Waals surface area contributed by atoms with Crippen LogP contribution >= 0.6 is 0 Å². The SMILES string of the molecule is C1=CC2C=CC1C2.OB(O)F.OB(O)F.OB(O)F.OB(O)F.[Rh]. The molecule has 141 valence electrons. The van der Waals surface area contributed by atoms with Crippen molar-refractivity contribution in [1.82, 2.24) is 0 Å². The molecule has 2 bridgehead atoms. The Labute approximate surface area is 149 Å². The molecule has 0 aromatic rings. The van der Waals surface area contributed by atoms with Crippen LogP contribution in [0.2, 0.25) is 0 Å². The summed E-state index contributed by atoms with van der Waals surface area (Å²) < 4.78 is 40.4. The van der Waals surface area contributed by atoms with Crippen molar-refractivity contribution in [2.75, 3.05) is 0 Å². The Morgan fingerprint density at radius 2 is 0.667 bits per heavy atom. The number of allylic oxidation sites excluding steroid dienone is 4. The van der Waals surface area contributed by atoms with E-state index in [1.54, 1.807) is 0 Å². The van der Waals surface area contributed by atoms with Crippen molar-refractivity contribution in [3.8, 4) is 0 Å². The molecule has 0 amide bonds. The van der Waals surface area contributed by atoms with E-state index in [4.69, 9.17) is 40.2 Å². The zero-order valence-corrected chi connectivity index (χ0v) is 13.5. The van der Waals surface area contributed by atoms with Crippen molar-refractivity contribution >= 4 is 29.6 Å². The molecule has 24 heavy (non-hydrogen) atoms. The number of hydrogen-bond donors (Lipinski definition) is 8. The van der Waals surface area contributed by atoms with E-state index in [2.05, 4.69) is 24.3 Å². The molecule has 0 spiro atoms. The monoisotopic (exact) mass is 451 g/mol. The van der Waals surface area contributed by atoms with Crippen LogP contribution in [-0.2, 0) is 19.5 Å². The molecular weight excluding hydrogens is 434 g/mol. The molecule has 0 saturated carbocycles. The van der Waals surface area contributed by atoms with E-state index in [1.807, 2.05) is 0 Å². The van der Waals surface area contributed by atoms with Crippen molar-refractivity contribution in [1.29, 1.82) is 0 Å². The number of rotatable bonds is 0.